The molecule has 0 aromatic rings. The van der Waals surface area contributed by atoms with Gasteiger partial charge in [0.05, 0.1) is 6.61 Å². The normalized spacial score (nSPS) is 12.5. The Labute approximate surface area is 399 Å². The molecule has 0 fully saturated rings. The maximum absolute atomic E-state index is 12.8. The third-order valence-corrected chi connectivity index (χ3v) is 12.3. The summed E-state index contributed by atoms with van der Waals surface area (Å²) in [5.41, 5.74) is 0. The Balaban J connectivity index is 4.28. The standard InChI is InChI=1S/C59H108O5/c1-4-7-10-13-16-19-22-25-28-30-32-34-37-40-43-46-49-52-58(60)63-56-57(55-62-54-51-48-45-42-39-36-33-29-26-23-20-17-14-11-8-5-2)64-59(61)53-50-47-44-41-38-35-31-27-24-21-18-15-12-9-6-3/h17,20,25-29,31,57H,4-16,18-19,21-24,30,32-56H2,1-3H3/b20-17-,28-25-,29-26-,31-27-. The van der Waals surface area contributed by atoms with E-state index in [1.54, 1.807) is 0 Å². The number of carbonyl (C=O) groups excluding carboxylic acids is 2. The lowest BCUT2D eigenvalue weighted by Gasteiger charge is -2.18. The lowest BCUT2D eigenvalue weighted by Crippen LogP contribution is -2.30. The van der Waals surface area contributed by atoms with Gasteiger partial charge in [0.2, 0.25) is 0 Å². The van der Waals surface area contributed by atoms with Gasteiger partial charge in [-0.05, 0) is 103 Å². The fourth-order valence-electron chi connectivity index (χ4n) is 8.06. The molecule has 0 aliphatic rings. The maximum Gasteiger partial charge on any atom is 0.306 e. The van der Waals surface area contributed by atoms with Crippen LogP contribution in [0.4, 0.5) is 0 Å². The minimum Gasteiger partial charge on any atom is -0.462 e. The van der Waals surface area contributed by atoms with E-state index in [1.807, 2.05) is 0 Å². The van der Waals surface area contributed by atoms with Crippen LogP contribution in [0.1, 0.15) is 290 Å². The molecule has 0 rings (SSSR count). The first-order valence-electron chi connectivity index (χ1n) is 28.2. The minimum atomic E-state index is -0.547. The van der Waals surface area contributed by atoms with Gasteiger partial charge in [0, 0.05) is 19.4 Å². The number of allylic oxidation sites excluding steroid dienone is 8. The number of hydrogen-bond donors (Lipinski definition) is 0. The molecule has 0 saturated carbocycles. The van der Waals surface area contributed by atoms with Gasteiger partial charge in [-0.1, -0.05) is 223 Å². The molecule has 0 aromatic carbocycles. The number of rotatable bonds is 52. The van der Waals surface area contributed by atoms with Crippen molar-refractivity contribution < 1.29 is 23.8 Å². The SMILES string of the molecule is CCCCC/C=C\C/C=C\CCCCCCCCOCC(COC(=O)CCCCCCCCC/C=C\CCCCCCCC)OC(=O)CCCCCCC/C=C\CCCCCCCC. The highest BCUT2D eigenvalue weighted by molar-refractivity contribution is 5.70. The number of esters is 2. The summed E-state index contributed by atoms with van der Waals surface area (Å²) < 4.78 is 17.4. The third kappa shape index (κ3) is 52.5. The molecule has 64 heavy (non-hydrogen) atoms. The highest BCUT2D eigenvalue weighted by Crippen LogP contribution is 2.15. The average molecular weight is 898 g/mol. The van der Waals surface area contributed by atoms with Crippen LogP contribution < -0.4 is 0 Å². The molecule has 0 spiro atoms. The summed E-state index contributed by atoms with van der Waals surface area (Å²) in [4.78, 5) is 25.5. The van der Waals surface area contributed by atoms with Crippen molar-refractivity contribution >= 4 is 11.9 Å². The Morgan fingerprint density at radius 3 is 1.08 bits per heavy atom. The van der Waals surface area contributed by atoms with E-state index in [4.69, 9.17) is 14.2 Å². The van der Waals surface area contributed by atoms with E-state index in [0.29, 0.717) is 19.4 Å². The van der Waals surface area contributed by atoms with Gasteiger partial charge in [-0.15, -0.1) is 0 Å². The van der Waals surface area contributed by atoms with Crippen LogP contribution in [0.3, 0.4) is 0 Å². The fraction of sp³-hybridized carbons (Fsp3) is 0.831. The van der Waals surface area contributed by atoms with E-state index in [9.17, 15) is 9.59 Å². The molecule has 0 heterocycles. The molecule has 1 atom stereocenters. The van der Waals surface area contributed by atoms with E-state index < -0.39 is 6.10 Å². The topological polar surface area (TPSA) is 61.8 Å². The summed E-state index contributed by atoms with van der Waals surface area (Å²) in [5.74, 6) is -0.406. The molecular formula is C59H108O5. The van der Waals surface area contributed by atoms with Crippen LogP contribution in [0, 0.1) is 0 Å². The molecule has 0 aromatic heterocycles. The number of hydrogen-bond acceptors (Lipinski definition) is 5. The zero-order chi connectivity index (χ0) is 46.3. The van der Waals surface area contributed by atoms with Crippen molar-refractivity contribution in [3.63, 3.8) is 0 Å². The first-order valence-corrected chi connectivity index (χ1v) is 28.2. The molecule has 0 N–H and O–H groups in total. The molecule has 0 bridgehead atoms. The monoisotopic (exact) mass is 897 g/mol. The molecule has 5 nitrogen and oxygen atoms in total. The van der Waals surface area contributed by atoms with Gasteiger partial charge in [0.1, 0.15) is 6.61 Å². The van der Waals surface area contributed by atoms with E-state index in [2.05, 4.69) is 69.4 Å². The van der Waals surface area contributed by atoms with E-state index in [0.717, 1.165) is 57.8 Å². The maximum atomic E-state index is 12.8. The Kier molecular flexibility index (Phi) is 53.3. The van der Waals surface area contributed by atoms with Gasteiger partial charge >= 0.3 is 11.9 Å². The van der Waals surface area contributed by atoms with Crippen LogP contribution in [0.5, 0.6) is 0 Å². The summed E-state index contributed by atoms with van der Waals surface area (Å²) in [5, 5.41) is 0. The highest BCUT2D eigenvalue weighted by atomic mass is 16.6. The van der Waals surface area contributed by atoms with Gasteiger partial charge in [0.25, 0.3) is 0 Å². The Hall–Kier alpha value is -2.14. The van der Waals surface area contributed by atoms with Gasteiger partial charge < -0.3 is 14.2 Å². The van der Waals surface area contributed by atoms with E-state index >= 15 is 0 Å². The van der Waals surface area contributed by atoms with Crippen LogP contribution >= 0.6 is 0 Å². The van der Waals surface area contributed by atoms with Gasteiger partial charge in [-0.25, -0.2) is 0 Å². The molecule has 0 amide bonds. The molecule has 374 valence electrons. The van der Waals surface area contributed by atoms with E-state index in [-0.39, 0.29) is 25.2 Å². The second-order valence-corrected chi connectivity index (χ2v) is 18.8. The largest absolute Gasteiger partial charge is 0.462 e. The molecule has 5 heteroatoms. The first kappa shape index (κ1) is 61.9. The molecule has 0 saturated heterocycles. The summed E-state index contributed by atoms with van der Waals surface area (Å²) in [7, 11) is 0. The summed E-state index contributed by atoms with van der Waals surface area (Å²) in [6, 6.07) is 0. The second-order valence-electron chi connectivity index (χ2n) is 18.8. The van der Waals surface area contributed by atoms with Crippen LogP contribution in [0.15, 0.2) is 48.6 Å². The molecule has 0 radical (unpaired) electrons. The fourth-order valence-corrected chi connectivity index (χ4v) is 8.06. The molecule has 1 unspecified atom stereocenters. The van der Waals surface area contributed by atoms with Crippen molar-refractivity contribution in [1.29, 1.82) is 0 Å². The lowest BCUT2D eigenvalue weighted by atomic mass is 10.1. The highest BCUT2D eigenvalue weighted by Gasteiger charge is 2.17. The van der Waals surface area contributed by atoms with Crippen LogP contribution in [-0.2, 0) is 23.8 Å². The Bertz CT molecular complexity index is 1060. The van der Waals surface area contributed by atoms with Crippen LogP contribution in [0.2, 0.25) is 0 Å². The first-order chi connectivity index (χ1) is 31.6. The predicted octanol–water partition coefficient (Wildman–Crippen LogP) is 19.1. The summed E-state index contributed by atoms with van der Waals surface area (Å²) in [6.45, 7) is 7.80. The predicted molar refractivity (Wildman–Crippen MR) is 279 cm³/mol. The van der Waals surface area contributed by atoms with Crippen LogP contribution in [0.25, 0.3) is 0 Å². The number of ether oxygens (including phenoxy) is 3. The summed E-state index contributed by atoms with van der Waals surface area (Å²) >= 11 is 0. The van der Waals surface area contributed by atoms with Crippen molar-refractivity contribution in [3.8, 4) is 0 Å². The van der Waals surface area contributed by atoms with Crippen molar-refractivity contribution in [1.82, 2.24) is 0 Å². The number of unbranched alkanes of at least 4 members (excludes halogenated alkanes) is 33. The Morgan fingerprint density at radius 1 is 0.344 bits per heavy atom. The molecular weight excluding hydrogens is 789 g/mol. The van der Waals surface area contributed by atoms with Gasteiger partial charge in [-0.3, -0.25) is 9.59 Å². The van der Waals surface area contributed by atoms with E-state index in [1.165, 1.54) is 199 Å². The average Bonchev–Trinajstić information content (AvgIpc) is 3.30. The molecule has 0 aliphatic carbocycles. The van der Waals surface area contributed by atoms with Crippen molar-refractivity contribution in [3.05, 3.63) is 48.6 Å². The van der Waals surface area contributed by atoms with Gasteiger partial charge in [-0.2, -0.15) is 0 Å². The zero-order valence-corrected chi connectivity index (χ0v) is 43.1. The van der Waals surface area contributed by atoms with Gasteiger partial charge in [0.15, 0.2) is 6.10 Å². The molecule has 0 aliphatic heterocycles. The van der Waals surface area contributed by atoms with Crippen molar-refractivity contribution in [2.24, 2.45) is 0 Å². The van der Waals surface area contributed by atoms with Crippen molar-refractivity contribution in [2.75, 3.05) is 19.8 Å². The lowest BCUT2D eigenvalue weighted by molar-refractivity contribution is -0.163. The summed E-state index contributed by atoms with van der Waals surface area (Å²) in [6.07, 6.45) is 68.4. The van der Waals surface area contributed by atoms with Crippen molar-refractivity contribution in [2.45, 2.75) is 297 Å². The zero-order valence-electron chi connectivity index (χ0n) is 43.1. The Morgan fingerprint density at radius 2 is 0.656 bits per heavy atom. The smallest absolute Gasteiger partial charge is 0.306 e. The second kappa shape index (κ2) is 55.2. The third-order valence-electron chi connectivity index (χ3n) is 12.3. The quantitative estimate of drug-likeness (QED) is 0.0346. The number of carbonyl (C=O) groups is 2. The van der Waals surface area contributed by atoms with Crippen LogP contribution in [-0.4, -0.2) is 37.9 Å². The minimum absolute atomic E-state index is 0.0774.